The monoisotopic (exact) mass is 341 g/mol. The maximum atomic E-state index is 5.53. The minimum atomic E-state index is 0.282. The van der Waals surface area contributed by atoms with Crippen LogP contribution >= 0.6 is 23.1 Å². The van der Waals surface area contributed by atoms with Gasteiger partial charge in [0.2, 0.25) is 0 Å². The van der Waals surface area contributed by atoms with Crippen LogP contribution in [0.15, 0.2) is 17.1 Å². The molecule has 1 aromatic heterocycles. The number of nitrogens with zero attached hydrogens (tertiary/aromatic N) is 1. The lowest BCUT2D eigenvalue weighted by molar-refractivity contribution is 0.0782. The lowest BCUT2D eigenvalue weighted by atomic mass is 9.99. The fraction of sp³-hybridized carbons (Fsp3) is 0.688. The summed E-state index contributed by atoms with van der Waals surface area (Å²) < 4.78 is 5.81. The molecule has 0 saturated carbocycles. The van der Waals surface area contributed by atoms with Gasteiger partial charge in [0.25, 0.3) is 0 Å². The number of hydrogen-bond donors (Lipinski definition) is 2. The van der Waals surface area contributed by atoms with Crippen molar-refractivity contribution in [1.29, 1.82) is 0 Å². The summed E-state index contributed by atoms with van der Waals surface area (Å²) in [6.45, 7) is 7.88. The zero-order valence-electron chi connectivity index (χ0n) is 13.8. The van der Waals surface area contributed by atoms with Gasteiger partial charge in [0.15, 0.2) is 5.96 Å². The maximum Gasteiger partial charge on any atom is 0.191 e. The molecular formula is C16H27N3OS2. The van der Waals surface area contributed by atoms with E-state index in [9.17, 15) is 0 Å². The fourth-order valence-electron chi connectivity index (χ4n) is 2.64. The highest BCUT2D eigenvalue weighted by atomic mass is 32.2. The van der Waals surface area contributed by atoms with Gasteiger partial charge in [-0.05, 0) is 37.7 Å². The van der Waals surface area contributed by atoms with Crippen LogP contribution in [0.5, 0.6) is 0 Å². The lowest BCUT2D eigenvalue weighted by Crippen LogP contribution is -2.47. The van der Waals surface area contributed by atoms with Crippen molar-refractivity contribution in [1.82, 2.24) is 10.6 Å². The second kappa shape index (κ2) is 8.79. The van der Waals surface area contributed by atoms with Gasteiger partial charge in [0.05, 0.1) is 6.54 Å². The van der Waals surface area contributed by atoms with Crippen molar-refractivity contribution in [2.24, 2.45) is 4.99 Å². The fourth-order valence-corrected chi connectivity index (χ4v) is 4.71. The summed E-state index contributed by atoms with van der Waals surface area (Å²) in [6.07, 6.45) is 2.22. The molecule has 0 unspecified atom stereocenters. The Morgan fingerprint density at radius 3 is 2.73 bits per heavy atom. The number of aryl methyl sites for hydroxylation is 1. The Bertz CT molecular complexity index is 476. The van der Waals surface area contributed by atoms with Crippen LogP contribution in [-0.2, 0) is 11.3 Å². The summed E-state index contributed by atoms with van der Waals surface area (Å²) in [7, 11) is 1.83. The Morgan fingerprint density at radius 1 is 1.36 bits per heavy atom. The third-order valence-corrected chi connectivity index (χ3v) is 6.34. The first-order valence-electron chi connectivity index (χ1n) is 7.89. The molecule has 1 aromatic rings. The Morgan fingerprint density at radius 2 is 2.14 bits per heavy atom. The number of nitrogens with one attached hydrogen (secondary N) is 2. The predicted octanol–water partition coefficient (Wildman–Crippen LogP) is 3.02. The van der Waals surface area contributed by atoms with Crippen LogP contribution in [0.3, 0.4) is 0 Å². The van der Waals surface area contributed by atoms with Crippen molar-refractivity contribution in [3.63, 3.8) is 0 Å². The number of thioether (sulfide) groups is 1. The summed E-state index contributed by atoms with van der Waals surface area (Å²) in [5.74, 6) is 2.02. The molecule has 1 fully saturated rings. The normalized spacial score (nSPS) is 18.2. The molecule has 0 amide bonds. The zero-order valence-corrected chi connectivity index (χ0v) is 15.4. The SMILES string of the molecule is CCSC1(CNC(=NC)NCc2ccc(C)s2)CCOCC1. The molecule has 2 rings (SSSR count). The van der Waals surface area contributed by atoms with Crippen LogP contribution in [0.1, 0.15) is 29.5 Å². The molecule has 124 valence electrons. The van der Waals surface area contributed by atoms with Crippen molar-refractivity contribution >= 4 is 29.1 Å². The highest BCUT2D eigenvalue weighted by Crippen LogP contribution is 2.34. The van der Waals surface area contributed by atoms with Crippen LogP contribution < -0.4 is 10.6 Å². The molecule has 1 saturated heterocycles. The van der Waals surface area contributed by atoms with E-state index >= 15 is 0 Å². The smallest absolute Gasteiger partial charge is 0.191 e. The first-order chi connectivity index (χ1) is 10.7. The first-order valence-corrected chi connectivity index (χ1v) is 9.69. The summed E-state index contributed by atoms with van der Waals surface area (Å²) in [6, 6.07) is 4.33. The zero-order chi connectivity index (χ0) is 15.8. The largest absolute Gasteiger partial charge is 0.381 e. The van der Waals surface area contributed by atoms with Crippen LogP contribution in [0.4, 0.5) is 0 Å². The van der Waals surface area contributed by atoms with Crippen molar-refractivity contribution < 1.29 is 4.74 Å². The van der Waals surface area contributed by atoms with Crippen molar-refractivity contribution in [3.05, 3.63) is 21.9 Å². The molecule has 0 aromatic carbocycles. The molecule has 6 heteroatoms. The van der Waals surface area contributed by atoms with E-state index in [0.717, 1.165) is 50.9 Å². The van der Waals surface area contributed by atoms with E-state index < -0.39 is 0 Å². The molecule has 0 spiro atoms. The van der Waals surface area contributed by atoms with Crippen molar-refractivity contribution in [2.75, 3.05) is 32.6 Å². The Labute approximate surface area is 142 Å². The number of rotatable bonds is 6. The number of thiophene rings is 1. The van der Waals surface area contributed by atoms with Crippen molar-refractivity contribution in [2.45, 2.75) is 38.0 Å². The van der Waals surface area contributed by atoms with Crippen LogP contribution in [0, 0.1) is 6.92 Å². The average Bonchev–Trinajstić information content (AvgIpc) is 2.94. The van der Waals surface area contributed by atoms with E-state index in [1.165, 1.54) is 9.75 Å². The highest BCUT2D eigenvalue weighted by Gasteiger charge is 2.32. The summed E-state index contributed by atoms with van der Waals surface area (Å²) in [5.41, 5.74) is 0. The lowest BCUT2D eigenvalue weighted by Gasteiger charge is -2.37. The number of hydrogen-bond acceptors (Lipinski definition) is 4. The molecule has 0 atom stereocenters. The van der Waals surface area contributed by atoms with Gasteiger partial charge in [0.1, 0.15) is 0 Å². The summed E-state index contributed by atoms with van der Waals surface area (Å²) >= 11 is 3.87. The quantitative estimate of drug-likeness (QED) is 0.617. The highest BCUT2D eigenvalue weighted by molar-refractivity contribution is 8.00. The van der Waals surface area contributed by atoms with Crippen molar-refractivity contribution in [3.8, 4) is 0 Å². The summed E-state index contributed by atoms with van der Waals surface area (Å²) in [5, 5.41) is 6.92. The Kier molecular flexibility index (Phi) is 7.05. The van der Waals surface area contributed by atoms with E-state index in [-0.39, 0.29) is 4.75 Å². The van der Waals surface area contributed by atoms with Gasteiger partial charge in [0, 0.05) is 41.3 Å². The predicted molar refractivity (Wildman–Crippen MR) is 98.2 cm³/mol. The van der Waals surface area contributed by atoms with Crippen LogP contribution in [-0.4, -0.2) is 43.3 Å². The second-order valence-corrected chi connectivity index (χ2v) is 8.62. The molecule has 2 N–H and O–H groups in total. The second-order valence-electron chi connectivity index (χ2n) is 5.52. The third kappa shape index (κ3) is 5.18. The minimum Gasteiger partial charge on any atom is -0.381 e. The van der Waals surface area contributed by atoms with Gasteiger partial charge in [-0.2, -0.15) is 11.8 Å². The minimum absolute atomic E-state index is 0.282. The molecule has 22 heavy (non-hydrogen) atoms. The van der Waals surface area contributed by atoms with E-state index in [0.29, 0.717) is 0 Å². The molecular weight excluding hydrogens is 314 g/mol. The maximum absolute atomic E-state index is 5.53. The molecule has 0 bridgehead atoms. The van der Waals surface area contributed by atoms with E-state index in [2.05, 4.69) is 41.6 Å². The molecule has 0 aliphatic carbocycles. The van der Waals surface area contributed by atoms with Gasteiger partial charge in [-0.15, -0.1) is 11.3 Å². The number of guanidine groups is 1. The van der Waals surface area contributed by atoms with E-state index in [1.54, 1.807) is 0 Å². The Balaban J connectivity index is 1.83. The molecule has 0 radical (unpaired) electrons. The Hall–Kier alpha value is -0.720. The third-order valence-electron chi connectivity index (χ3n) is 3.88. The van der Waals surface area contributed by atoms with Gasteiger partial charge in [-0.1, -0.05) is 6.92 Å². The summed E-state index contributed by atoms with van der Waals surface area (Å²) in [4.78, 5) is 7.03. The average molecular weight is 342 g/mol. The van der Waals surface area contributed by atoms with Gasteiger partial charge < -0.3 is 15.4 Å². The first kappa shape index (κ1) is 17.6. The van der Waals surface area contributed by atoms with E-state index in [1.807, 2.05) is 30.1 Å². The molecule has 1 aliphatic heterocycles. The topological polar surface area (TPSA) is 45.7 Å². The molecule has 2 heterocycles. The number of ether oxygens (including phenoxy) is 1. The molecule has 1 aliphatic rings. The van der Waals surface area contributed by atoms with Gasteiger partial charge >= 0.3 is 0 Å². The van der Waals surface area contributed by atoms with E-state index in [4.69, 9.17) is 4.74 Å². The standard InChI is InChI=1S/C16H27N3OS2/c1-4-21-16(7-9-20-10-8-16)12-19-15(17-3)18-11-14-6-5-13(2)22-14/h5-6H,4,7-12H2,1-3H3,(H2,17,18,19). The molecule has 4 nitrogen and oxygen atoms in total. The van der Waals surface area contributed by atoms with Crippen LogP contribution in [0.2, 0.25) is 0 Å². The number of aliphatic imine (C=N–C) groups is 1. The van der Waals surface area contributed by atoms with Crippen LogP contribution in [0.25, 0.3) is 0 Å². The van der Waals surface area contributed by atoms with Gasteiger partial charge in [-0.3, -0.25) is 4.99 Å². The van der Waals surface area contributed by atoms with Gasteiger partial charge in [-0.25, -0.2) is 0 Å².